The number of sulfonamides is 1. The van der Waals surface area contributed by atoms with E-state index in [1.807, 2.05) is 38.1 Å². The van der Waals surface area contributed by atoms with Crippen molar-refractivity contribution in [2.45, 2.75) is 24.9 Å². The summed E-state index contributed by atoms with van der Waals surface area (Å²) in [5, 5.41) is 16.9. The van der Waals surface area contributed by atoms with Crippen molar-refractivity contribution in [2.24, 2.45) is 0 Å². The fourth-order valence-electron chi connectivity index (χ4n) is 4.12. The Morgan fingerprint density at radius 3 is 2.05 bits per heavy atom. The third-order valence-electron chi connectivity index (χ3n) is 6.20. The minimum absolute atomic E-state index is 0.0334. The number of carbonyl (C=O) groups is 2. The van der Waals surface area contributed by atoms with Crippen molar-refractivity contribution in [3.8, 4) is 5.75 Å². The number of aryl methyl sites for hydroxylation is 1. The standard InChI is InChI=1S/C26H29N3O5S.C2HF3O2/c1-3-34-25-7-5-4-6-24(25)29-16-14-28(15-17-29)20-10-13-23(22(18-20)26(30)31)27-35(32,33)21-11-8-19(2)9-12-21;3-2(4,5)1(6)7/h4-13,18,27H,3,14-17H2,1-2H3,(H,30,31);(H,6,7). The number of hydrogen-bond acceptors (Lipinski definition) is 7. The van der Waals surface area contributed by atoms with Gasteiger partial charge in [-0.15, -0.1) is 0 Å². The number of benzene rings is 3. The van der Waals surface area contributed by atoms with Gasteiger partial charge in [0.25, 0.3) is 10.0 Å². The Hall–Kier alpha value is -4.46. The van der Waals surface area contributed by atoms with Crippen LogP contribution in [0.5, 0.6) is 5.75 Å². The summed E-state index contributed by atoms with van der Waals surface area (Å²) < 4.78 is 65.5. The molecule has 1 saturated heterocycles. The van der Waals surface area contributed by atoms with Gasteiger partial charge in [0.15, 0.2) is 0 Å². The van der Waals surface area contributed by atoms with Crippen LogP contribution in [0.4, 0.5) is 30.2 Å². The highest BCUT2D eigenvalue weighted by molar-refractivity contribution is 7.92. The van der Waals surface area contributed by atoms with E-state index in [2.05, 4.69) is 14.5 Å². The highest BCUT2D eigenvalue weighted by Crippen LogP contribution is 2.31. The summed E-state index contributed by atoms with van der Waals surface area (Å²) in [6.07, 6.45) is -5.08. The van der Waals surface area contributed by atoms with E-state index >= 15 is 0 Å². The number of anilines is 3. The van der Waals surface area contributed by atoms with E-state index in [1.165, 1.54) is 24.3 Å². The molecule has 3 aromatic rings. The summed E-state index contributed by atoms with van der Waals surface area (Å²) in [5.74, 6) is -3.10. The van der Waals surface area contributed by atoms with Crippen LogP contribution in [0.1, 0.15) is 22.8 Å². The molecule has 0 atom stereocenters. The second-order valence-corrected chi connectivity index (χ2v) is 10.8. The van der Waals surface area contributed by atoms with Gasteiger partial charge in [0.1, 0.15) is 5.75 Å². The molecule has 1 fully saturated rings. The molecule has 0 unspecified atom stereocenters. The van der Waals surface area contributed by atoms with Crippen molar-refractivity contribution >= 4 is 39.0 Å². The highest BCUT2D eigenvalue weighted by Gasteiger charge is 2.38. The average molecular weight is 610 g/mol. The molecule has 4 rings (SSSR count). The van der Waals surface area contributed by atoms with Crippen LogP contribution in [0.15, 0.2) is 71.6 Å². The van der Waals surface area contributed by atoms with Gasteiger partial charge in [-0.1, -0.05) is 29.8 Å². The Balaban J connectivity index is 0.000000616. The number of rotatable bonds is 8. The van der Waals surface area contributed by atoms with E-state index in [-0.39, 0.29) is 16.1 Å². The number of ether oxygens (including phenoxy) is 1. The lowest BCUT2D eigenvalue weighted by Crippen LogP contribution is -2.46. The number of carboxylic acid groups (broad SMARTS) is 2. The van der Waals surface area contributed by atoms with E-state index in [9.17, 15) is 31.5 Å². The molecule has 0 spiro atoms. The molecule has 14 heteroatoms. The molecule has 42 heavy (non-hydrogen) atoms. The molecular weight excluding hydrogens is 579 g/mol. The van der Waals surface area contributed by atoms with Crippen LogP contribution in [0.2, 0.25) is 0 Å². The topological polar surface area (TPSA) is 136 Å². The fraction of sp³-hybridized carbons (Fsp3) is 0.286. The van der Waals surface area contributed by atoms with E-state index in [1.54, 1.807) is 18.2 Å². The third kappa shape index (κ3) is 8.28. The molecule has 0 radical (unpaired) electrons. The minimum Gasteiger partial charge on any atom is -0.492 e. The smallest absolute Gasteiger partial charge is 0.490 e. The number of aliphatic carboxylic acids is 1. The fourth-order valence-corrected chi connectivity index (χ4v) is 5.20. The Morgan fingerprint density at radius 1 is 0.929 bits per heavy atom. The molecular formula is C28H30F3N3O7S. The average Bonchev–Trinajstić information content (AvgIpc) is 2.94. The monoisotopic (exact) mass is 609 g/mol. The van der Waals surface area contributed by atoms with Crippen LogP contribution in [0.25, 0.3) is 0 Å². The number of nitrogens with one attached hydrogen (secondary N) is 1. The molecule has 226 valence electrons. The lowest BCUT2D eigenvalue weighted by molar-refractivity contribution is -0.192. The van der Waals surface area contributed by atoms with Gasteiger partial charge in [0.05, 0.1) is 28.4 Å². The van der Waals surface area contributed by atoms with Crippen molar-refractivity contribution in [3.05, 3.63) is 77.9 Å². The molecule has 1 heterocycles. The molecule has 0 aliphatic carbocycles. The molecule has 1 aliphatic heterocycles. The molecule has 0 amide bonds. The Labute approximate surface area is 241 Å². The van der Waals surface area contributed by atoms with Crippen molar-refractivity contribution < 1.29 is 46.1 Å². The third-order valence-corrected chi connectivity index (χ3v) is 7.58. The number of carboxylic acids is 2. The second-order valence-electron chi connectivity index (χ2n) is 9.13. The van der Waals surface area contributed by atoms with E-state index in [0.29, 0.717) is 19.7 Å². The van der Waals surface area contributed by atoms with E-state index in [4.69, 9.17) is 14.6 Å². The van der Waals surface area contributed by atoms with Crippen LogP contribution in [-0.2, 0) is 14.8 Å². The van der Waals surface area contributed by atoms with Crippen molar-refractivity contribution in [3.63, 3.8) is 0 Å². The lowest BCUT2D eigenvalue weighted by atomic mass is 10.1. The number of halogens is 3. The first-order valence-electron chi connectivity index (χ1n) is 12.7. The van der Waals surface area contributed by atoms with E-state index in [0.717, 1.165) is 35.8 Å². The van der Waals surface area contributed by atoms with Gasteiger partial charge in [-0.25, -0.2) is 18.0 Å². The lowest BCUT2D eigenvalue weighted by Gasteiger charge is -2.38. The van der Waals surface area contributed by atoms with Gasteiger partial charge in [-0.2, -0.15) is 13.2 Å². The first kappa shape index (κ1) is 32.1. The second kappa shape index (κ2) is 13.5. The summed E-state index contributed by atoms with van der Waals surface area (Å²) in [5.41, 5.74) is 2.65. The molecule has 0 saturated carbocycles. The maximum absolute atomic E-state index is 12.8. The number of alkyl halides is 3. The first-order chi connectivity index (χ1) is 19.7. The largest absolute Gasteiger partial charge is 0.492 e. The molecule has 1 aliphatic rings. The Morgan fingerprint density at radius 2 is 1.50 bits per heavy atom. The summed E-state index contributed by atoms with van der Waals surface area (Å²) in [4.78, 5) is 25.3. The highest BCUT2D eigenvalue weighted by atomic mass is 32.2. The zero-order valence-electron chi connectivity index (χ0n) is 22.8. The van der Waals surface area contributed by atoms with Gasteiger partial charge >= 0.3 is 18.1 Å². The molecule has 10 nitrogen and oxygen atoms in total. The first-order valence-corrected chi connectivity index (χ1v) is 14.2. The maximum atomic E-state index is 12.8. The Kier molecular flexibility index (Phi) is 10.3. The maximum Gasteiger partial charge on any atom is 0.490 e. The number of aromatic carboxylic acids is 1. The summed E-state index contributed by atoms with van der Waals surface area (Å²) in [6.45, 7) is 7.28. The summed E-state index contributed by atoms with van der Waals surface area (Å²) in [6, 6.07) is 19.1. The number of para-hydroxylation sites is 2. The van der Waals surface area contributed by atoms with Gasteiger partial charge in [-0.05, 0) is 56.3 Å². The van der Waals surface area contributed by atoms with Crippen LogP contribution < -0.4 is 19.3 Å². The predicted molar refractivity (Wildman–Crippen MR) is 151 cm³/mol. The normalized spacial score (nSPS) is 13.5. The Bertz CT molecular complexity index is 1510. The predicted octanol–water partition coefficient (Wildman–Crippen LogP) is 4.85. The molecule has 3 N–H and O–H groups in total. The quantitative estimate of drug-likeness (QED) is 0.327. The van der Waals surface area contributed by atoms with E-state index < -0.39 is 28.1 Å². The number of piperazine rings is 1. The van der Waals surface area contributed by atoms with Crippen LogP contribution in [0.3, 0.4) is 0 Å². The van der Waals surface area contributed by atoms with Crippen molar-refractivity contribution in [1.29, 1.82) is 0 Å². The summed E-state index contributed by atoms with van der Waals surface area (Å²) in [7, 11) is -3.92. The van der Waals surface area contributed by atoms with Gasteiger partial charge in [-0.3, -0.25) is 4.72 Å². The number of nitrogens with zero attached hydrogens (tertiary/aromatic N) is 2. The van der Waals surface area contributed by atoms with Gasteiger partial charge < -0.3 is 24.7 Å². The molecule has 3 aromatic carbocycles. The van der Waals surface area contributed by atoms with Crippen LogP contribution >= 0.6 is 0 Å². The van der Waals surface area contributed by atoms with Crippen molar-refractivity contribution in [1.82, 2.24) is 0 Å². The molecule has 0 aromatic heterocycles. The molecule has 0 bridgehead atoms. The zero-order valence-corrected chi connectivity index (χ0v) is 23.6. The van der Waals surface area contributed by atoms with Gasteiger partial charge in [0.2, 0.25) is 0 Å². The zero-order chi connectivity index (χ0) is 31.1. The van der Waals surface area contributed by atoms with Crippen LogP contribution in [0, 0.1) is 6.92 Å². The SMILES string of the molecule is CCOc1ccccc1N1CCN(c2ccc(NS(=O)(=O)c3ccc(C)cc3)c(C(=O)O)c2)CC1.O=C(O)C(F)(F)F. The van der Waals surface area contributed by atoms with Crippen molar-refractivity contribution in [2.75, 3.05) is 47.3 Å². The number of hydrogen-bond donors (Lipinski definition) is 3. The van der Waals surface area contributed by atoms with Crippen LogP contribution in [-0.4, -0.2) is 69.5 Å². The minimum atomic E-state index is -5.08. The summed E-state index contributed by atoms with van der Waals surface area (Å²) >= 11 is 0. The van der Waals surface area contributed by atoms with Gasteiger partial charge in [0, 0.05) is 31.9 Å².